The van der Waals surface area contributed by atoms with Gasteiger partial charge in [0.15, 0.2) is 6.29 Å². The van der Waals surface area contributed by atoms with E-state index in [0.29, 0.717) is 19.8 Å². The number of aromatic nitrogens is 1. The normalized spacial score (nSPS) is 10.8. The van der Waals surface area contributed by atoms with Gasteiger partial charge in [-0.2, -0.15) is 4.90 Å². The summed E-state index contributed by atoms with van der Waals surface area (Å²) in [4.78, 5) is 13.5. The number of carbonyl (C=O) groups is 1. The highest BCUT2D eigenvalue weighted by atomic mass is 16.7. The van der Waals surface area contributed by atoms with E-state index >= 15 is 0 Å². The molecule has 1 amide bonds. The standard InChI is InChI=1S/C14H23N2O3/c1-5-18-14(19-6-2)11-16(12(3)17)13-9-7-8-10-15(13)4/h7-10,14H,5-6,11H2,1-4H3/q+1. The predicted octanol–water partition coefficient (Wildman–Crippen LogP) is 1.26. The van der Waals surface area contributed by atoms with Crippen molar-refractivity contribution in [3.05, 3.63) is 24.4 Å². The number of pyridine rings is 1. The van der Waals surface area contributed by atoms with Gasteiger partial charge in [0.1, 0.15) is 6.54 Å². The van der Waals surface area contributed by atoms with Gasteiger partial charge in [-0.15, -0.1) is 0 Å². The molecule has 0 N–H and O–H groups in total. The minimum absolute atomic E-state index is 0.0359. The molecular weight excluding hydrogens is 244 g/mol. The van der Waals surface area contributed by atoms with E-state index in [1.807, 2.05) is 49.9 Å². The summed E-state index contributed by atoms with van der Waals surface area (Å²) >= 11 is 0. The average Bonchev–Trinajstić information content (AvgIpc) is 2.37. The summed E-state index contributed by atoms with van der Waals surface area (Å²) in [5.74, 6) is 0.783. The van der Waals surface area contributed by atoms with Crippen LogP contribution in [0.1, 0.15) is 20.8 Å². The van der Waals surface area contributed by atoms with E-state index in [4.69, 9.17) is 9.47 Å². The number of amides is 1. The first kappa shape index (κ1) is 15.6. The van der Waals surface area contributed by atoms with Gasteiger partial charge < -0.3 is 9.47 Å². The number of hydrogen-bond acceptors (Lipinski definition) is 3. The lowest BCUT2D eigenvalue weighted by Gasteiger charge is -2.21. The van der Waals surface area contributed by atoms with Gasteiger partial charge in [-0.1, -0.05) is 6.07 Å². The number of carbonyl (C=O) groups excluding carboxylic acids is 1. The summed E-state index contributed by atoms with van der Waals surface area (Å²) in [5.41, 5.74) is 0. The third kappa shape index (κ3) is 4.61. The van der Waals surface area contributed by atoms with Crippen LogP contribution >= 0.6 is 0 Å². The summed E-state index contributed by atoms with van der Waals surface area (Å²) in [6.07, 6.45) is 1.50. The predicted molar refractivity (Wildman–Crippen MR) is 72.7 cm³/mol. The molecular formula is C14H23N2O3+. The van der Waals surface area contributed by atoms with E-state index in [2.05, 4.69) is 0 Å². The molecule has 0 spiro atoms. The Hall–Kier alpha value is -1.46. The number of hydrogen-bond donors (Lipinski definition) is 0. The molecule has 0 aliphatic heterocycles. The molecule has 0 bridgehead atoms. The minimum Gasteiger partial charge on any atom is -0.349 e. The van der Waals surface area contributed by atoms with Gasteiger partial charge in [-0.05, 0) is 19.9 Å². The molecule has 0 saturated heterocycles. The number of rotatable bonds is 7. The molecule has 1 aromatic heterocycles. The van der Waals surface area contributed by atoms with Gasteiger partial charge in [0, 0.05) is 26.2 Å². The summed E-state index contributed by atoms with van der Waals surface area (Å²) in [6, 6.07) is 5.72. The Balaban J connectivity index is 2.89. The molecule has 0 aromatic carbocycles. The van der Waals surface area contributed by atoms with Crippen molar-refractivity contribution in [2.45, 2.75) is 27.1 Å². The van der Waals surface area contributed by atoms with Crippen LogP contribution in [0.15, 0.2) is 24.4 Å². The van der Waals surface area contributed by atoms with Crippen molar-refractivity contribution in [3.63, 3.8) is 0 Å². The Labute approximate surface area is 114 Å². The highest BCUT2D eigenvalue weighted by Gasteiger charge is 2.27. The zero-order valence-corrected chi connectivity index (χ0v) is 12.1. The van der Waals surface area contributed by atoms with Crippen LogP contribution in [0.25, 0.3) is 0 Å². The van der Waals surface area contributed by atoms with E-state index < -0.39 is 6.29 Å². The van der Waals surface area contributed by atoms with Crippen LogP contribution in [0.2, 0.25) is 0 Å². The van der Waals surface area contributed by atoms with Crippen molar-refractivity contribution in [3.8, 4) is 0 Å². The molecule has 1 heterocycles. The summed E-state index contributed by atoms with van der Waals surface area (Å²) in [5, 5.41) is 0. The molecule has 0 aliphatic carbocycles. The molecule has 0 fully saturated rings. The molecule has 0 atom stereocenters. The fourth-order valence-electron chi connectivity index (χ4n) is 1.85. The molecule has 5 nitrogen and oxygen atoms in total. The molecule has 0 aliphatic rings. The lowest BCUT2D eigenvalue weighted by Crippen LogP contribution is -2.45. The van der Waals surface area contributed by atoms with Crippen LogP contribution in [0, 0.1) is 0 Å². The Morgan fingerprint density at radius 3 is 2.42 bits per heavy atom. The average molecular weight is 267 g/mol. The topological polar surface area (TPSA) is 42.7 Å². The molecule has 106 valence electrons. The lowest BCUT2D eigenvalue weighted by atomic mass is 10.3. The zero-order chi connectivity index (χ0) is 14.3. The third-order valence-electron chi connectivity index (χ3n) is 2.72. The van der Waals surface area contributed by atoms with Gasteiger partial charge in [0.2, 0.25) is 0 Å². The number of ether oxygens (including phenoxy) is 2. The fraction of sp³-hybridized carbons (Fsp3) is 0.571. The maximum absolute atomic E-state index is 11.8. The van der Waals surface area contributed by atoms with Crippen LogP contribution in [0.3, 0.4) is 0 Å². The number of aryl methyl sites for hydroxylation is 1. The molecule has 19 heavy (non-hydrogen) atoms. The highest BCUT2D eigenvalue weighted by molar-refractivity contribution is 5.89. The van der Waals surface area contributed by atoms with Gasteiger partial charge >= 0.3 is 5.91 Å². The Morgan fingerprint density at radius 1 is 1.32 bits per heavy atom. The minimum atomic E-state index is -0.404. The third-order valence-corrected chi connectivity index (χ3v) is 2.72. The molecule has 5 heteroatoms. The van der Waals surface area contributed by atoms with Crippen molar-refractivity contribution in [1.82, 2.24) is 0 Å². The Bertz CT molecular complexity index is 403. The molecule has 0 radical (unpaired) electrons. The second-order valence-corrected chi connectivity index (χ2v) is 4.14. The maximum Gasteiger partial charge on any atom is 0.306 e. The maximum atomic E-state index is 11.8. The summed E-state index contributed by atoms with van der Waals surface area (Å²) in [7, 11) is 1.90. The highest BCUT2D eigenvalue weighted by Crippen LogP contribution is 2.10. The Kier molecular flexibility index (Phi) is 6.45. The smallest absolute Gasteiger partial charge is 0.306 e. The van der Waals surface area contributed by atoms with E-state index in [0.717, 1.165) is 5.82 Å². The lowest BCUT2D eigenvalue weighted by molar-refractivity contribution is -0.658. The van der Waals surface area contributed by atoms with Crippen molar-refractivity contribution in [2.24, 2.45) is 7.05 Å². The fourth-order valence-corrected chi connectivity index (χ4v) is 1.85. The summed E-state index contributed by atoms with van der Waals surface area (Å²) in [6.45, 7) is 6.85. The molecule has 1 rings (SSSR count). The van der Waals surface area contributed by atoms with Gasteiger partial charge in [-0.3, -0.25) is 0 Å². The first-order chi connectivity index (χ1) is 9.10. The van der Waals surface area contributed by atoms with E-state index in [1.54, 1.807) is 11.8 Å². The number of nitrogens with zero attached hydrogens (tertiary/aromatic N) is 2. The van der Waals surface area contributed by atoms with Crippen molar-refractivity contribution >= 4 is 11.7 Å². The monoisotopic (exact) mass is 267 g/mol. The van der Waals surface area contributed by atoms with Crippen LogP contribution in [-0.2, 0) is 21.3 Å². The van der Waals surface area contributed by atoms with Crippen molar-refractivity contribution in [2.75, 3.05) is 24.7 Å². The first-order valence-electron chi connectivity index (χ1n) is 6.56. The van der Waals surface area contributed by atoms with Crippen molar-refractivity contribution < 1.29 is 18.8 Å². The SMILES string of the molecule is CCOC(CN(C(C)=O)c1cccc[n+]1C)OCC. The molecule has 1 aromatic rings. The second kappa shape index (κ2) is 7.86. The molecule has 0 unspecified atom stereocenters. The van der Waals surface area contributed by atoms with Gasteiger partial charge in [0.05, 0.1) is 13.2 Å². The van der Waals surface area contributed by atoms with Crippen LogP contribution in [-0.4, -0.2) is 32.0 Å². The first-order valence-corrected chi connectivity index (χ1v) is 6.56. The van der Waals surface area contributed by atoms with Crippen LogP contribution in [0.5, 0.6) is 0 Å². The second-order valence-electron chi connectivity index (χ2n) is 4.14. The van der Waals surface area contributed by atoms with Gasteiger partial charge in [-0.25, -0.2) is 9.36 Å². The quantitative estimate of drug-likeness (QED) is 0.552. The summed E-state index contributed by atoms with van der Waals surface area (Å²) < 4.78 is 12.9. The van der Waals surface area contributed by atoms with E-state index in [1.165, 1.54) is 0 Å². The Morgan fingerprint density at radius 2 is 1.95 bits per heavy atom. The van der Waals surface area contributed by atoms with Crippen LogP contribution in [0.4, 0.5) is 5.82 Å². The van der Waals surface area contributed by atoms with Gasteiger partial charge in [0.25, 0.3) is 5.82 Å². The van der Waals surface area contributed by atoms with Crippen LogP contribution < -0.4 is 9.47 Å². The van der Waals surface area contributed by atoms with E-state index in [9.17, 15) is 4.79 Å². The zero-order valence-electron chi connectivity index (χ0n) is 12.1. The van der Waals surface area contributed by atoms with Crippen molar-refractivity contribution in [1.29, 1.82) is 0 Å². The number of anilines is 1. The largest absolute Gasteiger partial charge is 0.349 e. The molecule has 0 saturated carbocycles. The van der Waals surface area contributed by atoms with E-state index in [-0.39, 0.29) is 5.91 Å².